The lowest BCUT2D eigenvalue weighted by molar-refractivity contribution is -0.384. The van der Waals surface area contributed by atoms with Gasteiger partial charge in [-0.2, -0.15) is 4.31 Å². The summed E-state index contributed by atoms with van der Waals surface area (Å²) in [5.74, 6) is -1.00. The van der Waals surface area contributed by atoms with E-state index < -0.39 is 27.5 Å². The maximum atomic E-state index is 12.5. The predicted octanol–water partition coefficient (Wildman–Crippen LogP) is 2.16. The van der Waals surface area contributed by atoms with Gasteiger partial charge in [-0.1, -0.05) is 24.3 Å². The van der Waals surface area contributed by atoms with Crippen LogP contribution in [0.15, 0.2) is 53.4 Å². The van der Waals surface area contributed by atoms with Crippen LogP contribution in [0.4, 0.5) is 5.69 Å². The number of benzene rings is 2. The SMILES string of the molecule is CC(=O)c1ccc(S(=O)(=O)N(C)CC(=O)OCc2cccc([N+](=O)[O-])c2)cc1. The maximum absolute atomic E-state index is 12.5. The van der Waals surface area contributed by atoms with Crippen LogP contribution < -0.4 is 0 Å². The minimum atomic E-state index is -3.95. The average Bonchev–Trinajstić information content (AvgIpc) is 2.66. The summed E-state index contributed by atoms with van der Waals surface area (Å²) >= 11 is 0. The van der Waals surface area contributed by atoms with Crippen molar-refractivity contribution in [3.63, 3.8) is 0 Å². The molecule has 0 heterocycles. The van der Waals surface area contributed by atoms with Gasteiger partial charge in [0.05, 0.1) is 9.82 Å². The Hall–Kier alpha value is -3.11. The number of carbonyl (C=O) groups excluding carboxylic acids is 2. The van der Waals surface area contributed by atoms with Crippen LogP contribution in [0.1, 0.15) is 22.8 Å². The van der Waals surface area contributed by atoms with Crippen molar-refractivity contribution in [1.82, 2.24) is 4.31 Å². The second-order valence-corrected chi connectivity index (χ2v) is 7.97. The van der Waals surface area contributed by atoms with E-state index >= 15 is 0 Å². The molecule has 2 aromatic carbocycles. The minimum Gasteiger partial charge on any atom is -0.460 e. The Kier molecular flexibility index (Phi) is 6.60. The summed E-state index contributed by atoms with van der Waals surface area (Å²) < 4.78 is 30.8. The number of esters is 1. The van der Waals surface area contributed by atoms with Gasteiger partial charge in [-0.15, -0.1) is 0 Å². The largest absolute Gasteiger partial charge is 0.460 e. The Morgan fingerprint density at radius 1 is 1.14 bits per heavy atom. The van der Waals surface area contributed by atoms with E-state index in [1.165, 1.54) is 56.4 Å². The highest BCUT2D eigenvalue weighted by Gasteiger charge is 2.23. The van der Waals surface area contributed by atoms with Crippen LogP contribution >= 0.6 is 0 Å². The molecule has 9 nitrogen and oxygen atoms in total. The van der Waals surface area contributed by atoms with Crippen LogP contribution in [0.3, 0.4) is 0 Å². The van der Waals surface area contributed by atoms with Gasteiger partial charge in [-0.05, 0) is 24.6 Å². The first kappa shape index (κ1) is 21.2. The minimum absolute atomic E-state index is 0.0634. The summed E-state index contributed by atoms with van der Waals surface area (Å²) in [5, 5.41) is 10.7. The van der Waals surface area contributed by atoms with E-state index in [2.05, 4.69) is 0 Å². The van der Waals surface area contributed by atoms with Crippen molar-refractivity contribution in [2.45, 2.75) is 18.4 Å². The van der Waals surface area contributed by atoms with Gasteiger partial charge in [0.15, 0.2) is 5.78 Å². The quantitative estimate of drug-likeness (QED) is 0.285. The van der Waals surface area contributed by atoms with Crippen molar-refractivity contribution in [3.05, 3.63) is 69.8 Å². The van der Waals surface area contributed by atoms with Crippen molar-refractivity contribution in [3.8, 4) is 0 Å². The highest BCUT2D eigenvalue weighted by Crippen LogP contribution is 2.16. The van der Waals surface area contributed by atoms with E-state index in [0.717, 1.165) is 4.31 Å². The lowest BCUT2D eigenvalue weighted by Crippen LogP contribution is -2.33. The van der Waals surface area contributed by atoms with Crippen molar-refractivity contribution in [1.29, 1.82) is 0 Å². The molecule has 0 N–H and O–H groups in total. The second kappa shape index (κ2) is 8.72. The fourth-order valence-electron chi connectivity index (χ4n) is 2.28. The fraction of sp³-hybridized carbons (Fsp3) is 0.222. The molecule has 0 aliphatic carbocycles. The van der Waals surface area contributed by atoms with Gasteiger partial charge in [0.1, 0.15) is 13.2 Å². The molecule has 0 radical (unpaired) electrons. The molecule has 0 atom stereocenters. The van der Waals surface area contributed by atoms with E-state index in [1.54, 1.807) is 6.07 Å². The molecule has 2 aromatic rings. The zero-order valence-corrected chi connectivity index (χ0v) is 16.0. The van der Waals surface area contributed by atoms with Crippen LogP contribution in [-0.2, 0) is 26.2 Å². The first-order chi connectivity index (χ1) is 13.1. The molecule has 0 saturated carbocycles. The molecule has 0 aromatic heterocycles. The van der Waals surface area contributed by atoms with E-state index in [4.69, 9.17) is 4.74 Å². The number of hydrogen-bond donors (Lipinski definition) is 0. The number of likely N-dealkylation sites (N-methyl/N-ethyl adjacent to an activating group) is 1. The highest BCUT2D eigenvalue weighted by molar-refractivity contribution is 7.89. The van der Waals surface area contributed by atoms with Gasteiger partial charge < -0.3 is 4.74 Å². The molecule has 0 fully saturated rings. The van der Waals surface area contributed by atoms with Crippen LogP contribution in [0.5, 0.6) is 0 Å². The zero-order valence-electron chi connectivity index (χ0n) is 15.2. The first-order valence-corrected chi connectivity index (χ1v) is 9.51. The lowest BCUT2D eigenvalue weighted by Gasteiger charge is -2.16. The molecule has 2 rings (SSSR count). The number of nitro benzene ring substituents is 1. The Balaban J connectivity index is 1.99. The van der Waals surface area contributed by atoms with Gasteiger partial charge in [-0.3, -0.25) is 19.7 Å². The number of non-ortho nitro benzene ring substituents is 1. The molecule has 0 bridgehead atoms. The van der Waals surface area contributed by atoms with E-state index in [1.807, 2.05) is 0 Å². The molecule has 28 heavy (non-hydrogen) atoms. The van der Waals surface area contributed by atoms with Gasteiger partial charge >= 0.3 is 5.97 Å². The van der Waals surface area contributed by atoms with Gasteiger partial charge in [0.2, 0.25) is 10.0 Å². The highest BCUT2D eigenvalue weighted by atomic mass is 32.2. The summed E-state index contributed by atoms with van der Waals surface area (Å²) in [7, 11) is -2.72. The number of nitro groups is 1. The molecule has 0 aliphatic heterocycles. The van der Waals surface area contributed by atoms with Gasteiger partial charge in [0.25, 0.3) is 5.69 Å². The molecule has 0 spiro atoms. The Bertz CT molecular complexity index is 1000. The summed E-state index contributed by atoms with van der Waals surface area (Å²) in [5.41, 5.74) is 0.646. The molecular formula is C18H18N2O7S. The number of ether oxygens (including phenoxy) is 1. The average molecular weight is 406 g/mol. The topological polar surface area (TPSA) is 124 Å². The second-order valence-electron chi connectivity index (χ2n) is 5.93. The van der Waals surface area contributed by atoms with Crippen LogP contribution in [-0.4, -0.2) is 43.0 Å². The van der Waals surface area contributed by atoms with E-state index in [-0.39, 0.29) is 23.0 Å². The number of nitrogens with zero attached hydrogens (tertiary/aromatic N) is 2. The molecule has 0 amide bonds. The molecule has 10 heteroatoms. The first-order valence-electron chi connectivity index (χ1n) is 8.07. The van der Waals surface area contributed by atoms with Crippen LogP contribution in [0.2, 0.25) is 0 Å². The van der Waals surface area contributed by atoms with Crippen LogP contribution in [0.25, 0.3) is 0 Å². The Morgan fingerprint density at radius 2 is 1.79 bits per heavy atom. The van der Waals surface area contributed by atoms with Crippen molar-refractivity contribution in [2.75, 3.05) is 13.6 Å². The van der Waals surface area contributed by atoms with Crippen molar-refractivity contribution < 1.29 is 27.7 Å². The smallest absolute Gasteiger partial charge is 0.321 e. The van der Waals surface area contributed by atoms with Crippen LogP contribution in [0, 0.1) is 10.1 Å². The summed E-state index contributed by atoms with van der Waals surface area (Å²) in [4.78, 5) is 33.4. The third kappa shape index (κ3) is 5.21. The number of rotatable bonds is 8. The monoisotopic (exact) mass is 406 g/mol. The van der Waals surface area contributed by atoms with Gasteiger partial charge in [-0.25, -0.2) is 8.42 Å². The molecule has 0 unspecified atom stereocenters. The lowest BCUT2D eigenvalue weighted by atomic mass is 10.2. The summed E-state index contributed by atoms with van der Waals surface area (Å²) in [6.45, 7) is 0.612. The number of sulfonamides is 1. The molecule has 148 valence electrons. The van der Waals surface area contributed by atoms with Gasteiger partial charge in [0, 0.05) is 24.7 Å². The predicted molar refractivity (Wildman–Crippen MR) is 99.2 cm³/mol. The Labute approximate surface area is 161 Å². The number of hydrogen-bond acceptors (Lipinski definition) is 7. The third-order valence-corrected chi connectivity index (χ3v) is 5.66. The summed E-state index contributed by atoms with van der Waals surface area (Å²) in [6.07, 6.45) is 0. The molecule has 0 aliphatic rings. The Morgan fingerprint density at radius 3 is 2.36 bits per heavy atom. The standard InChI is InChI=1S/C18H18N2O7S/c1-13(21)15-6-8-17(9-7-15)28(25,26)19(2)11-18(22)27-12-14-4-3-5-16(10-14)20(23)24/h3-10H,11-12H2,1-2H3. The normalized spacial score (nSPS) is 11.2. The maximum Gasteiger partial charge on any atom is 0.321 e. The fourth-order valence-corrected chi connectivity index (χ4v) is 3.39. The number of ketones is 1. The number of Topliss-reactive ketones (excluding diaryl/α,β-unsaturated/α-hetero) is 1. The van der Waals surface area contributed by atoms with Crippen molar-refractivity contribution >= 4 is 27.5 Å². The summed E-state index contributed by atoms with van der Waals surface area (Å²) in [6, 6.07) is 11.0. The van der Waals surface area contributed by atoms with Crippen molar-refractivity contribution in [2.24, 2.45) is 0 Å². The third-order valence-electron chi connectivity index (χ3n) is 3.84. The molecular weight excluding hydrogens is 388 g/mol. The van der Waals surface area contributed by atoms with E-state index in [0.29, 0.717) is 11.1 Å². The zero-order chi connectivity index (χ0) is 20.9. The number of carbonyl (C=O) groups is 2. The van der Waals surface area contributed by atoms with E-state index in [9.17, 15) is 28.1 Å². The molecule has 0 saturated heterocycles.